The van der Waals surface area contributed by atoms with Crippen molar-refractivity contribution in [2.24, 2.45) is 11.8 Å². The van der Waals surface area contributed by atoms with Gasteiger partial charge in [0.1, 0.15) is 0 Å². The van der Waals surface area contributed by atoms with Gasteiger partial charge in [0.2, 0.25) is 0 Å². The first-order valence-corrected chi connectivity index (χ1v) is 7.21. The highest BCUT2D eigenvalue weighted by Gasteiger charge is 2.28. The van der Waals surface area contributed by atoms with E-state index in [1.165, 1.54) is 58.3 Å². The third-order valence-electron chi connectivity index (χ3n) is 4.23. The highest BCUT2D eigenvalue weighted by Crippen LogP contribution is 2.24. The molecule has 2 nitrogen and oxygen atoms in total. The van der Waals surface area contributed by atoms with Crippen molar-refractivity contribution >= 4 is 0 Å². The van der Waals surface area contributed by atoms with Crippen LogP contribution in [0.3, 0.4) is 0 Å². The molecule has 2 aliphatic heterocycles. The number of hydrogen-bond acceptors (Lipinski definition) is 2. The van der Waals surface area contributed by atoms with E-state index in [9.17, 15) is 0 Å². The number of nitrogens with one attached hydrogen (secondary N) is 1. The third kappa shape index (κ3) is 3.46. The number of rotatable bonds is 4. The summed E-state index contributed by atoms with van der Waals surface area (Å²) in [7, 11) is 0. The van der Waals surface area contributed by atoms with Crippen LogP contribution >= 0.6 is 0 Å². The summed E-state index contributed by atoms with van der Waals surface area (Å²) < 4.78 is 0. The molecule has 0 spiro atoms. The second-order valence-electron chi connectivity index (χ2n) is 6.09. The van der Waals surface area contributed by atoms with Crippen LogP contribution in [0.1, 0.15) is 46.0 Å². The maximum Gasteiger partial charge on any atom is 0.0108 e. The van der Waals surface area contributed by atoms with Crippen molar-refractivity contribution in [2.45, 2.75) is 52.0 Å². The van der Waals surface area contributed by atoms with Crippen LogP contribution in [0.2, 0.25) is 0 Å². The van der Waals surface area contributed by atoms with Crippen LogP contribution < -0.4 is 5.32 Å². The highest BCUT2D eigenvalue weighted by atomic mass is 15.1. The Hall–Kier alpha value is -0.0800. The summed E-state index contributed by atoms with van der Waals surface area (Å²) >= 11 is 0. The maximum absolute atomic E-state index is 3.69. The Labute approximate surface area is 101 Å². The molecule has 1 N–H and O–H groups in total. The van der Waals surface area contributed by atoms with Crippen molar-refractivity contribution in [3.63, 3.8) is 0 Å². The van der Waals surface area contributed by atoms with Crippen LogP contribution in [0, 0.1) is 11.8 Å². The van der Waals surface area contributed by atoms with Crippen molar-refractivity contribution in [3.05, 3.63) is 0 Å². The van der Waals surface area contributed by atoms with Crippen molar-refractivity contribution in [1.29, 1.82) is 0 Å². The molecule has 2 unspecified atom stereocenters. The Morgan fingerprint density at radius 3 is 2.81 bits per heavy atom. The SMILES string of the molecule is CC(C)CCN1CCCC(C2CCCN2)C1. The molecule has 0 aliphatic carbocycles. The minimum Gasteiger partial charge on any atom is -0.314 e. The van der Waals surface area contributed by atoms with E-state index in [1.54, 1.807) is 0 Å². The molecule has 2 saturated heterocycles. The standard InChI is InChI=1S/C14H28N2/c1-12(2)7-10-16-9-4-5-13(11-16)14-6-3-8-15-14/h12-15H,3-11H2,1-2H3. The normalized spacial score (nSPS) is 32.4. The largest absolute Gasteiger partial charge is 0.314 e. The first-order chi connectivity index (χ1) is 7.75. The lowest BCUT2D eigenvalue weighted by atomic mass is 9.89. The molecule has 0 saturated carbocycles. The lowest BCUT2D eigenvalue weighted by molar-refractivity contribution is 0.146. The summed E-state index contributed by atoms with van der Waals surface area (Å²) in [6, 6.07) is 0.835. The van der Waals surface area contributed by atoms with E-state index in [2.05, 4.69) is 24.1 Å². The molecular formula is C14H28N2. The fraction of sp³-hybridized carbons (Fsp3) is 1.00. The van der Waals surface area contributed by atoms with Crippen LogP contribution in [0.4, 0.5) is 0 Å². The van der Waals surface area contributed by atoms with Gasteiger partial charge in [-0.2, -0.15) is 0 Å². The summed E-state index contributed by atoms with van der Waals surface area (Å²) in [5, 5.41) is 3.69. The molecule has 0 bridgehead atoms. The van der Waals surface area contributed by atoms with Gasteiger partial charge in [0.05, 0.1) is 0 Å². The van der Waals surface area contributed by atoms with Gasteiger partial charge in [-0.3, -0.25) is 0 Å². The fourth-order valence-electron chi connectivity index (χ4n) is 3.18. The molecule has 0 aromatic heterocycles. The second-order valence-corrected chi connectivity index (χ2v) is 6.09. The average Bonchev–Trinajstić information content (AvgIpc) is 2.80. The molecule has 2 atom stereocenters. The zero-order valence-electron chi connectivity index (χ0n) is 11.0. The molecule has 0 radical (unpaired) electrons. The molecule has 16 heavy (non-hydrogen) atoms. The van der Waals surface area contributed by atoms with Crippen LogP contribution in [0.15, 0.2) is 0 Å². The minimum atomic E-state index is 0.835. The van der Waals surface area contributed by atoms with Gasteiger partial charge in [-0.05, 0) is 63.6 Å². The van der Waals surface area contributed by atoms with Crippen LogP contribution in [-0.4, -0.2) is 37.1 Å². The van der Waals surface area contributed by atoms with Gasteiger partial charge in [0.25, 0.3) is 0 Å². The quantitative estimate of drug-likeness (QED) is 0.789. The predicted molar refractivity (Wildman–Crippen MR) is 69.6 cm³/mol. The topological polar surface area (TPSA) is 15.3 Å². The van der Waals surface area contributed by atoms with E-state index in [-0.39, 0.29) is 0 Å². The van der Waals surface area contributed by atoms with E-state index >= 15 is 0 Å². The van der Waals surface area contributed by atoms with Crippen LogP contribution in [0.25, 0.3) is 0 Å². The van der Waals surface area contributed by atoms with E-state index in [0.29, 0.717) is 0 Å². The first-order valence-electron chi connectivity index (χ1n) is 7.21. The third-order valence-corrected chi connectivity index (χ3v) is 4.23. The van der Waals surface area contributed by atoms with Gasteiger partial charge >= 0.3 is 0 Å². The van der Waals surface area contributed by atoms with Gasteiger partial charge in [0, 0.05) is 12.6 Å². The van der Waals surface area contributed by atoms with Crippen LogP contribution in [-0.2, 0) is 0 Å². The lowest BCUT2D eigenvalue weighted by Crippen LogP contribution is -2.43. The van der Waals surface area contributed by atoms with Gasteiger partial charge in [-0.15, -0.1) is 0 Å². The number of piperidine rings is 1. The van der Waals surface area contributed by atoms with E-state index in [4.69, 9.17) is 0 Å². The molecular weight excluding hydrogens is 196 g/mol. The Balaban J connectivity index is 1.74. The highest BCUT2D eigenvalue weighted by molar-refractivity contribution is 4.86. The average molecular weight is 224 g/mol. The van der Waals surface area contributed by atoms with E-state index in [1.807, 2.05) is 0 Å². The Kier molecular flexibility index (Phi) is 4.66. The lowest BCUT2D eigenvalue weighted by Gasteiger charge is -2.36. The van der Waals surface area contributed by atoms with Crippen molar-refractivity contribution in [1.82, 2.24) is 10.2 Å². The Morgan fingerprint density at radius 1 is 1.25 bits per heavy atom. The molecule has 0 aromatic carbocycles. The fourth-order valence-corrected chi connectivity index (χ4v) is 3.18. The second kappa shape index (κ2) is 6.02. The first kappa shape index (κ1) is 12.4. The molecule has 0 aromatic rings. The van der Waals surface area contributed by atoms with Crippen molar-refractivity contribution in [3.8, 4) is 0 Å². The monoisotopic (exact) mass is 224 g/mol. The smallest absolute Gasteiger partial charge is 0.0108 e. The molecule has 94 valence electrons. The van der Waals surface area contributed by atoms with Crippen LogP contribution in [0.5, 0.6) is 0 Å². The zero-order chi connectivity index (χ0) is 11.4. The minimum absolute atomic E-state index is 0.835. The van der Waals surface area contributed by atoms with Gasteiger partial charge in [-0.25, -0.2) is 0 Å². The summed E-state index contributed by atoms with van der Waals surface area (Å²) in [4.78, 5) is 2.70. The predicted octanol–water partition coefficient (Wildman–Crippen LogP) is 2.50. The molecule has 2 heterocycles. The molecule has 2 rings (SSSR count). The van der Waals surface area contributed by atoms with Gasteiger partial charge in [-0.1, -0.05) is 13.8 Å². The Bertz CT molecular complexity index is 197. The summed E-state index contributed by atoms with van der Waals surface area (Å²) in [5.41, 5.74) is 0. The summed E-state index contributed by atoms with van der Waals surface area (Å²) in [6.07, 6.45) is 7.05. The zero-order valence-corrected chi connectivity index (χ0v) is 11.0. The number of likely N-dealkylation sites (tertiary alicyclic amines) is 1. The van der Waals surface area contributed by atoms with Gasteiger partial charge in [0.15, 0.2) is 0 Å². The number of nitrogens with zero attached hydrogens (tertiary/aromatic N) is 1. The molecule has 2 heteroatoms. The van der Waals surface area contributed by atoms with Gasteiger partial charge < -0.3 is 10.2 Å². The van der Waals surface area contributed by atoms with E-state index < -0.39 is 0 Å². The van der Waals surface area contributed by atoms with Crippen molar-refractivity contribution < 1.29 is 0 Å². The molecule has 2 fully saturated rings. The van der Waals surface area contributed by atoms with E-state index in [0.717, 1.165) is 17.9 Å². The Morgan fingerprint density at radius 2 is 2.12 bits per heavy atom. The maximum atomic E-state index is 3.69. The molecule has 0 amide bonds. The molecule has 2 aliphatic rings. The number of hydrogen-bond donors (Lipinski definition) is 1. The summed E-state index contributed by atoms with van der Waals surface area (Å²) in [6.45, 7) is 9.94. The van der Waals surface area contributed by atoms with Crippen molar-refractivity contribution in [2.75, 3.05) is 26.2 Å². The summed E-state index contributed by atoms with van der Waals surface area (Å²) in [5.74, 6) is 1.79.